The van der Waals surface area contributed by atoms with Crippen LogP contribution >= 0.6 is 0 Å². The van der Waals surface area contributed by atoms with Crippen LogP contribution in [0.5, 0.6) is 0 Å². The molecule has 0 heterocycles. The van der Waals surface area contributed by atoms with Gasteiger partial charge in [-0.2, -0.15) is 0 Å². The third-order valence-corrected chi connectivity index (χ3v) is 4.98. The van der Waals surface area contributed by atoms with Crippen molar-refractivity contribution < 1.29 is 9.59 Å². The van der Waals surface area contributed by atoms with Crippen molar-refractivity contribution in [2.75, 3.05) is 29.6 Å². The average Bonchev–Trinajstić information content (AvgIpc) is 3.40. The van der Waals surface area contributed by atoms with Crippen LogP contribution in [0.15, 0.2) is 42.5 Å². The molecule has 0 bridgehead atoms. The first-order valence-electron chi connectivity index (χ1n) is 8.82. The third kappa shape index (κ3) is 3.87. The molecule has 2 aromatic carbocycles. The molecule has 0 aromatic heterocycles. The summed E-state index contributed by atoms with van der Waals surface area (Å²) in [4.78, 5) is 26.8. The van der Waals surface area contributed by atoms with Gasteiger partial charge in [0.2, 0.25) is 11.8 Å². The molecule has 1 saturated carbocycles. The molecule has 0 aliphatic heterocycles. The lowest BCUT2D eigenvalue weighted by atomic mass is 10.1. The van der Waals surface area contributed by atoms with Crippen LogP contribution in [0.1, 0.15) is 17.5 Å². The Morgan fingerprint density at radius 2 is 1.54 bits per heavy atom. The molecule has 2 amide bonds. The molecule has 5 heteroatoms. The van der Waals surface area contributed by atoms with Crippen LogP contribution in [0.3, 0.4) is 0 Å². The topological polar surface area (TPSA) is 61.4 Å². The van der Waals surface area contributed by atoms with E-state index in [2.05, 4.69) is 10.6 Å². The van der Waals surface area contributed by atoms with E-state index >= 15 is 0 Å². The lowest BCUT2D eigenvalue weighted by Gasteiger charge is -2.13. The maximum atomic E-state index is 12.4. The number of hydrogen-bond donors (Lipinski definition) is 2. The van der Waals surface area contributed by atoms with Gasteiger partial charge >= 0.3 is 0 Å². The predicted octanol–water partition coefficient (Wildman–Crippen LogP) is 3.58. The molecule has 0 spiro atoms. The highest BCUT2D eigenvalue weighted by Crippen LogP contribution is 2.40. The van der Waals surface area contributed by atoms with Gasteiger partial charge in [0, 0.05) is 31.2 Å². The summed E-state index contributed by atoms with van der Waals surface area (Å²) in [5.41, 5.74) is 4.83. The minimum Gasteiger partial charge on any atom is -0.378 e. The molecular formula is C21H25N3O2. The van der Waals surface area contributed by atoms with Crippen LogP contribution in [0.2, 0.25) is 0 Å². The molecule has 2 N–H and O–H groups in total. The standard InChI is InChI=1S/C21H25N3O2/c1-13-6-5-7-19(14(13)2)23-21(26)18-12-17(18)20(25)22-15-8-10-16(11-9-15)24(3)4/h5-11,17-18H,12H2,1-4H3,(H,22,25)(H,23,26). The first-order chi connectivity index (χ1) is 12.4. The van der Waals surface area contributed by atoms with Gasteiger partial charge in [0.05, 0.1) is 11.8 Å². The van der Waals surface area contributed by atoms with E-state index in [4.69, 9.17) is 0 Å². The molecule has 136 valence electrons. The summed E-state index contributed by atoms with van der Waals surface area (Å²) in [7, 11) is 3.94. The van der Waals surface area contributed by atoms with Crippen molar-refractivity contribution in [1.82, 2.24) is 0 Å². The summed E-state index contributed by atoms with van der Waals surface area (Å²) in [6, 6.07) is 13.5. The Balaban J connectivity index is 1.56. The van der Waals surface area contributed by atoms with Crippen LogP contribution in [-0.4, -0.2) is 25.9 Å². The van der Waals surface area contributed by atoms with Crippen molar-refractivity contribution in [3.05, 3.63) is 53.6 Å². The lowest BCUT2D eigenvalue weighted by Crippen LogP contribution is -2.21. The van der Waals surface area contributed by atoms with Crippen molar-refractivity contribution in [2.24, 2.45) is 11.8 Å². The maximum absolute atomic E-state index is 12.4. The van der Waals surface area contributed by atoms with E-state index in [0.29, 0.717) is 6.42 Å². The highest BCUT2D eigenvalue weighted by atomic mass is 16.2. The molecular weight excluding hydrogens is 326 g/mol. The summed E-state index contributed by atoms with van der Waals surface area (Å²) in [6.07, 6.45) is 0.596. The second-order valence-corrected chi connectivity index (χ2v) is 7.12. The summed E-state index contributed by atoms with van der Waals surface area (Å²) >= 11 is 0. The van der Waals surface area contributed by atoms with E-state index in [1.165, 1.54) is 0 Å². The molecule has 1 aliphatic rings. The zero-order chi connectivity index (χ0) is 18.8. The SMILES string of the molecule is Cc1cccc(NC(=O)C2CC2C(=O)Nc2ccc(N(C)C)cc2)c1C. The number of carbonyl (C=O) groups excluding carboxylic acids is 2. The van der Waals surface area contributed by atoms with Crippen molar-refractivity contribution >= 4 is 28.9 Å². The highest BCUT2D eigenvalue weighted by molar-refractivity contribution is 6.03. The number of carbonyl (C=O) groups is 2. The first-order valence-corrected chi connectivity index (χ1v) is 8.82. The van der Waals surface area contributed by atoms with Gasteiger partial charge in [0.15, 0.2) is 0 Å². The Morgan fingerprint density at radius 3 is 2.15 bits per heavy atom. The van der Waals surface area contributed by atoms with Crippen LogP contribution < -0.4 is 15.5 Å². The molecule has 1 fully saturated rings. The summed E-state index contributed by atoms with van der Waals surface area (Å²) in [5, 5.41) is 5.86. The monoisotopic (exact) mass is 351 g/mol. The molecule has 0 radical (unpaired) electrons. The lowest BCUT2D eigenvalue weighted by molar-refractivity contribution is -0.122. The summed E-state index contributed by atoms with van der Waals surface area (Å²) in [5.74, 6) is -0.685. The van der Waals surface area contributed by atoms with Gasteiger partial charge in [0.1, 0.15) is 0 Å². The van der Waals surface area contributed by atoms with E-state index in [0.717, 1.165) is 28.2 Å². The Morgan fingerprint density at radius 1 is 0.923 bits per heavy atom. The van der Waals surface area contributed by atoms with Gasteiger partial charge in [-0.15, -0.1) is 0 Å². The van der Waals surface area contributed by atoms with Gasteiger partial charge in [-0.05, 0) is 61.7 Å². The van der Waals surface area contributed by atoms with E-state index < -0.39 is 0 Å². The largest absolute Gasteiger partial charge is 0.378 e. The van der Waals surface area contributed by atoms with Crippen LogP contribution in [0.25, 0.3) is 0 Å². The molecule has 2 aromatic rings. The number of anilines is 3. The quantitative estimate of drug-likeness (QED) is 0.865. The van der Waals surface area contributed by atoms with Gasteiger partial charge < -0.3 is 15.5 Å². The van der Waals surface area contributed by atoms with Gasteiger partial charge in [-0.3, -0.25) is 9.59 Å². The minimum atomic E-state index is -0.256. The number of amides is 2. The molecule has 26 heavy (non-hydrogen) atoms. The Kier molecular flexibility index (Phi) is 4.98. The highest BCUT2D eigenvalue weighted by Gasteiger charge is 2.48. The zero-order valence-electron chi connectivity index (χ0n) is 15.7. The molecule has 0 saturated heterocycles. The van der Waals surface area contributed by atoms with Crippen LogP contribution in [0.4, 0.5) is 17.1 Å². The van der Waals surface area contributed by atoms with E-state index in [9.17, 15) is 9.59 Å². The number of nitrogens with one attached hydrogen (secondary N) is 2. The van der Waals surface area contributed by atoms with Gasteiger partial charge in [-0.25, -0.2) is 0 Å². The Hall–Kier alpha value is -2.82. The number of nitrogens with zero attached hydrogens (tertiary/aromatic N) is 1. The number of aryl methyl sites for hydroxylation is 1. The van der Waals surface area contributed by atoms with Crippen LogP contribution in [-0.2, 0) is 9.59 Å². The average molecular weight is 351 g/mol. The van der Waals surface area contributed by atoms with Crippen molar-refractivity contribution in [1.29, 1.82) is 0 Å². The fraction of sp³-hybridized carbons (Fsp3) is 0.333. The number of benzene rings is 2. The van der Waals surface area contributed by atoms with E-state index in [1.54, 1.807) is 0 Å². The zero-order valence-corrected chi connectivity index (χ0v) is 15.7. The fourth-order valence-electron chi connectivity index (χ4n) is 2.96. The molecule has 5 nitrogen and oxygen atoms in total. The molecule has 2 atom stereocenters. The predicted molar refractivity (Wildman–Crippen MR) is 106 cm³/mol. The van der Waals surface area contributed by atoms with Crippen molar-refractivity contribution in [2.45, 2.75) is 20.3 Å². The Labute approximate surface area is 154 Å². The normalized spacial score (nSPS) is 18.2. The maximum Gasteiger partial charge on any atom is 0.228 e. The number of hydrogen-bond acceptors (Lipinski definition) is 3. The Bertz CT molecular complexity index is 828. The first kappa shape index (κ1) is 18.0. The summed E-state index contributed by atoms with van der Waals surface area (Å²) < 4.78 is 0. The minimum absolute atomic E-state index is 0.0817. The summed E-state index contributed by atoms with van der Waals surface area (Å²) in [6.45, 7) is 4.00. The van der Waals surface area contributed by atoms with E-state index in [1.807, 2.05) is 75.3 Å². The molecule has 3 rings (SSSR count). The van der Waals surface area contributed by atoms with Gasteiger partial charge in [0.25, 0.3) is 0 Å². The number of rotatable bonds is 5. The smallest absolute Gasteiger partial charge is 0.228 e. The van der Waals surface area contributed by atoms with Crippen LogP contribution in [0, 0.1) is 25.7 Å². The fourth-order valence-corrected chi connectivity index (χ4v) is 2.96. The van der Waals surface area contributed by atoms with Gasteiger partial charge in [-0.1, -0.05) is 12.1 Å². The van der Waals surface area contributed by atoms with Crippen molar-refractivity contribution in [3.8, 4) is 0 Å². The second-order valence-electron chi connectivity index (χ2n) is 7.12. The molecule has 2 unspecified atom stereocenters. The third-order valence-electron chi connectivity index (χ3n) is 4.98. The van der Waals surface area contributed by atoms with E-state index in [-0.39, 0.29) is 23.7 Å². The van der Waals surface area contributed by atoms with Crippen molar-refractivity contribution in [3.63, 3.8) is 0 Å². The molecule has 1 aliphatic carbocycles. The second kappa shape index (κ2) is 7.20.